The number of H-pyrrole nitrogens is 1. The Morgan fingerprint density at radius 3 is 2.38 bits per heavy atom. The van der Waals surface area contributed by atoms with Crippen molar-refractivity contribution in [3.05, 3.63) is 101 Å². The summed E-state index contributed by atoms with van der Waals surface area (Å²) in [5.74, 6) is 0.285. The van der Waals surface area contributed by atoms with E-state index in [4.69, 9.17) is 4.74 Å². The molecule has 3 aromatic carbocycles. The number of fused-ring (bicyclic) bond motifs is 1. The molecule has 0 aliphatic rings. The van der Waals surface area contributed by atoms with E-state index in [1.165, 1.54) is 4.88 Å². The lowest BCUT2D eigenvalue weighted by molar-refractivity contribution is 0.199. The lowest BCUT2D eigenvalue weighted by Gasteiger charge is -2.19. The van der Waals surface area contributed by atoms with E-state index in [0.29, 0.717) is 29.7 Å². The van der Waals surface area contributed by atoms with Gasteiger partial charge in [0, 0.05) is 28.0 Å². The molecule has 5 rings (SSSR count). The number of rotatable bonds is 8. The van der Waals surface area contributed by atoms with Crippen molar-refractivity contribution in [2.75, 3.05) is 11.3 Å². The van der Waals surface area contributed by atoms with Gasteiger partial charge in [-0.05, 0) is 64.7 Å². The third-order valence-electron chi connectivity index (χ3n) is 6.53. The molecule has 0 fully saturated rings. The smallest absolute Gasteiger partial charge is 0.393 e. The van der Waals surface area contributed by atoms with Crippen molar-refractivity contribution in [3.63, 3.8) is 0 Å². The third-order valence-corrected chi connectivity index (χ3v) is 8.86. The van der Waals surface area contributed by atoms with Gasteiger partial charge in [-0.1, -0.05) is 69.3 Å². The third kappa shape index (κ3) is 6.21. The van der Waals surface area contributed by atoms with Crippen LogP contribution in [0.25, 0.3) is 22.0 Å². The van der Waals surface area contributed by atoms with Crippen molar-refractivity contribution < 1.29 is 17.9 Å². The Hall–Kier alpha value is -4.08. The first-order chi connectivity index (χ1) is 19.1. The molecular formula is C31H31N3O4S2. The second-order valence-corrected chi connectivity index (χ2v) is 13.2. The van der Waals surface area contributed by atoms with Crippen LogP contribution in [-0.4, -0.2) is 26.0 Å². The molecule has 2 heterocycles. The molecule has 1 amide bonds. The zero-order chi connectivity index (χ0) is 28.3. The number of benzene rings is 3. The molecule has 2 aromatic heterocycles. The summed E-state index contributed by atoms with van der Waals surface area (Å²) in [6.07, 6.45) is 0.146. The molecule has 5 aromatic rings. The first kappa shape index (κ1) is 27.5. The average Bonchev–Trinajstić information content (AvgIpc) is 3.56. The maximum atomic E-state index is 13.2. The lowest BCUT2D eigenvalue weighted by Crippen LogP contribution is -2.28. The number of nitrogens with one attached hydrogen (secondary N) is 3. The minimum atomic E-state index is -3.82. The van der Waals surface area contributed by atoms with Crippen LogP contribution in [0.1, 0.15) is 31.2 Å². The molecule has 0 radical (unpaired) electrons. The van der Waals surface area contributed by atoms with Gasteiger partial charge in [0.25, 0.3) is 10.0 Å². The number of amides is 1. The fourth-order valence-corrected chi connectivity index (χ4v) is 6.18. The summed E-state index contributed by atoms with van der Waals surface area (Å²) in [4.78, 5) is 17.2. The van der Waals surface area contributed by atoms with Gasteiger partial charge in [0.15, 0.2) is 0 Å². The Morgan fingerprint density at radius 1 is 0.950 bits per heavy atom. The van der Waals surface area contributed by atoms with Crippen molar-refractivity contribution >= 4 is 44.0 Å². The van der Waals surface area contributed by atoms with E-state index >= 15 is 0 Å². The van der Waals surface area contributed by atoms with E-state index in [1.807, 2.05) is 60.0 Å². The predicted octanol–water partition coefficient (Wildman–Crippen LogP) is 7.33. The Labute approximate surface area is 238 Å². The summed E-state index contributed by atoms with van der Waals surface area (Å²) < 4.78 is 34.8. The van der Waals surface area contributed by atoms with Crippen LogP contribution in [0, 0.1) is 0 Å². The normalized spacial score (nSPS) is 11.9. The predicted molar refractivity (Wildman–Crippen MR) is 162 cm³/mol. The number of hydrogen-bond acceptors (Lipinski definition) is 5. The van der Waals surface area contributed by atoms with Crippen LogP contribution in [0.4, 0.5) is 10.5 Å². The molecule has 3 N–H and O–H groups in total. The van der Waals surface area contributed by atoms with Gasteiger partial charge in [0.05, 0.1) is 10.5 Å². The Bertz CT molecular complexity index is 1720. The SMILES string of the molecule is CC(C)(C)c1ccc(S(=O)(=O)Nc2ccc3[nH]c(OC(=O)NCCc4cccs4)c(-c4ccccc4)c3c2)cc1. The van der Waals surface area contributed by atoms with Gasteiger partial charge in [-0.3, -0.25) is 4.72 Å². The standard InChI is InChI=1S/C31H31N3O4S2/c1-31(2,3)22-11-14-25(15-12-22)40(36,37)34-23-13-16-27-26(20-23)28(21-8-5-4-6-9-21)29(33-27)38-30(35)32-18-17-24-10-7-19-39-24/h4-16,19-20,33-34H,17-18H2,1-3H3,(H,32,35). The van der Waals surface area contributed by atoms with Gasteiger partial charge in [-0.2, -0.15) is 0 Å². The molecule has 0 bridgehead atoms. The summed E-state index contributed by atoms with van der Waals surface area (Å²) in [5, 5.41) is 5.52. The van der Waals surface area contributed by atoms with Crippen molar-refractivity contribution in [1.29, 1.82) is 0 Å². The summed E-state index contributed by atoms with van der Waals surface area (Å²) in [6.45, 7) is 6.69. The van der Waals surface area contributed by atoms with Gasteiger partial charge >= 0.3 is 6.09 Å². The van der Waals surface area contributed by atoms with Crippen LogP contribution in [0.15, 0.2) is 95.2 Å². The number of carbonyl (C=O) groups excluding carboxylic acids is 1. The molecule has 0 saturated carbocycles. The highest BCUT2D eigenvalue weighted by Crippen LogP contribution is 2.39. The first-order valence-corrected chi connectivity index (χ1v) is 15.3. The second kappa shape index (κ2) is 11.2. The number of aromatic amines is 1. The molecule has 40 heavy (non-hydrogen) atoms. The van der Waals surface area contributed by atoms with Crippen LogP contribution in [0.3, 0.4) is 0 Å². The molecular weight excluding hydrogens is 542 g/mol. The molecule has 0 atom stereocenters. The molecule has 7 nitrogen and oxygen atoms in total. The first-order valence-electron chi connectivity index (χ1n) is 12.9. The molecule has 0 aliphatic carbocycles. The van der Waals surface area contributed by atoms with E-state index in [2.05, 4.69) is 35.8 Å². The van der Waals surface area contributed by atoms with Gasteiger partial charge in [0.2, 0.25) is 5.88 Å². The molecule has 0 aliphatic heterocycles. The maximum absolute atomic E-state index is 13.2. The fourth-order valence-electron chi connectivity index (χ4n) is 4.42. The van der Waals surface area contributed by atoms with Gasteiger partial charge < -0.3 is 15.0 Å². The minimum Gasteiger partial charge on any atom is -0.393 e. The topological polar surface area (TPSA) is 100 Å². The van der Waals surface area contributed by atoms with E-state index in [0.717, 1.165) is 16.5 Å². The summed E-state index contributed by atoms with van der Waals surface area (Å²) in [7, 11) is -3.82. The van der Waals surface area contributed by atoms with Crippen molar-refractivity contribution in [2.24, 2.45) is 0 Å². The van der Waals surface area contributed by atoms with E-state index in [9.17, 15) is 13.2 Å². The van der Waals surface area contributed by atoms with Crippen LogP contribution in [0.2, 0.25) is 0 Å². The summed E-state index contributed by atoms with van der Waals surface area (Å²) >= 11 is 1.64. The summed E-state index contributed by atoms with van der Waals surface area (Å²) in [5.41, 5.74) is 3.57. The van der Waals surface area contributed by atoms with Crippen LogP contribution >= 0.6 is 11.3 Å². The van der Waals surface area contributed by atoms with Crippen LogP contribution < -0.4 is 14.8 Å². The molecule has 0 spiro atoms. The number of ether oxygens (including phenoxy) is 1. The second-order valence-electron chi connectivity index (χ2n) is 10.5. The Morgan fingerprint density at radius 2 is 1.70 bits per heavy atom. The Balaban J connectivity index is 1.42. The fraction of sp³-hybridized carbons (Fsp3) is 0.194. The highest BCUT2D eigenvalue weighted by Gasteiger charge is 2.21. The number of carbonyl (C=O) groups is 1. The maximum Gasteiger partial charge on any atom is 0.413 e. The van der Waals surface area contributed by atoms with Gasteiger partial charge in [0.1, 0.15) is 0 Å². The quantitative estimate of drug-likeness (QED) is 0.181. The highest BCUT2D eigenvalue weighted by atomic mass is 32.2. The molecule has 0 unspecified atom stereocenters. The Kier molecular flexibility index (Phi) is 7.69. The van der Waals surface area contributed by atoms with Gasteiger partial charge in [-0.25, -0.2) is 13.2 Å². The number of aromatic nitrogens is 1. The molecule has 0 saturated heterocycles. The molecule has 206 valence electrons. The van der Waals surface area contributed by atoms with Crippen molar-refractivity contribution in [3.8, 4) is 17.0 Å². The van der Waals surface area contributed by atoms with Crippen LogP contribution in [-0.2, 0) is 21.9 Å². The zero-order valence-electron chi connectivity index (χ0n) is 22.5. The number of anilines is 1. The van der Waals surface area contributed by atoms with E-state index < -0.39 is 16.1 Å². The number of thiophene rings is 1. The zero-order valence-corrected chi connectivity index (χ0v) is 24.2. The monoisotopic (exact) mass is 573 g/mol. The number of hydrogen-bond donors (Lipinski definition) is 3. The van der Waals surface area contributed by atoms with E-state index in [-0.39, 0.29) is 16.2 Å². The number of sulfonamides is 1. The van der Waals surface area contributed by atoms with Crippen LogP contribution in [0.5, 0.6) is 5.88 Å². The van der Waals surface area contributed by atoms with Gasteiger partial charge in [-0.15, -0.1) is 11.3 Å². The van der Waals surface area contributed by atoms with E-state index in [1.54, 1.807) is 41.7 Å². The largest absolute Gasteiger partial charge is 0.413 e. The van der Waals surface area contributed by atoms with Crippen molar-refractivity contribution in [2.45, 2.75) is 37.5 Å². The minimum absolute atomic E-state index is 0.0797. The average molecular weight is 574 g/mol. The summed E-state index contributed by atoms with van der Waals surface area (Å²) in [6, 6.07) is 25.6. The van der Waals surface area contributed by atoms with Crippen molar-refractivity contribution in [1.82, 2.24) is 10.3 Å². The molecule has 9 heteroatoms. The highest BCUT2D eigenvalue weighted by molar-refractivity contribution is 7.92. The lowest BCUT2D eigenvalue weighted by atomic mass is 9.87.